The van der Waals surface area contributed by atoms with Gasteiger partial charge in [0.25, 0.3) is 0 Å². The number of benzene rings is 3. The van der Waals surface area contributed by atoms with Crippen LogP contribution in [0.2, 0.25) is 0 Å². The molecule has 0 saturated heterocycles. The number of hydrogen-bond donors (Lipinski definition) is 1. The monoisotopic (exact) mass is 312 g/mol. The standard InChI is InChI=1S/C17H12O4S/c18-11-12-5-7-13(8-6-12)22(20,21)17-10-9-16(19)14-3-1-2-4-15(14)17/h1-11,19H. The van der Waals surface area contributed by atoms with Crippen molar-refractivity contribution in [2.75, 3.05) is 0 Å². The lowest BCUT2D eigenvalue weighted by atomic mass is 10.1. The second-order valence-electron chi connectivity index (χ2n) is 4.82. The minimum Gasteiger partial charge on any atom is -0.507 e. The lowest BCUT2D eigenvalue weighted by Crippen LogP contribution is -2.03. The topological polar surface area (TPSA) is 71.4 Å². The molecule has 0 heterocycles. The van der Waals surface area contributed by atoms with E-state index >= 15 is 0 Å². The molecule has 0 aromatic heterocycles. The molecule has 0 aliphatic carbocycles. The van der Waals surface area contributed by atoms with Crippen molar-refractivity contribution in [1.29, 1.82) is 0 Å². The van der Waals surface area contributed by atoms with Crippen LogP contribution in [0.4, 0.5) is 0 Å². The first-order chi connectivity index (χ1) is 10.5. The van der Waals surface area contributed by atoms with Gasteiger partial charge in [0.05, 0.1) is 9.79 Å². The molecule has 0 amide bonds. The van der Waals surface area contributed by atoms with E-state index in [-0.39, 0.29) is 15.5 Å². The van der Waals surface area contributed by atoms with Gasteiger partial charge in [0.2, 0.25) is 9.84 Å². The molecular formula is C17H12O4S. The van der Waals surface area contributed by atoms with E-state index in [0.717, 1.165) is 0 Å². The van der Waals surface area contributed by atoms with E-state index in [1.54, 1.807) is 24.3 Å². The highest BCUT2D eigenvalue weighted by atomic mass is 32.2. The second-order valence-corrected chi connectivity index (χ2v) is 6.74. The van der Waals surface area contributed by atoms with Crippen molar-refractivity contribution in [3.8, 4) is 5.75 Å². The van der Waals surface area contributed by atoms with Gasteiger partial charge in [-0.1, -0.05) is 36.4 Å². The third kappa shape index (κ3) is 2.25. The maximum Gasteiger partial charge on any atom is 0.207 e. The number of rotatable bonds is 3. The van der Waals surface area contributed by atoms with E-state index in [9.17, 15) is 18.3 Å². The first-order valence-corrected chi connectivity index (χ1v) is 8.03. The summed E-state index contributed by atoms with van der Waals surface area (Å²) in [5.74, 6) is 0.0332. The fourth-order valence-electron chi connectivity index (χ4n) is 2.34. The fraction of sp³-hybridized carbons (Fsp3) is 0. The van der Waals surface area contributed by atoms with Gasteiger partial charge in [-0.05, 0) is 24.3 Å². The maximum absolute atomic E-state index is 12.8. The molecule has 22 heavy (non-hydrogen) atoms. The number of sulfone groups is 1. The Morgan fingerprint density at radius 3 is 2.09 bits per heavy atom. The first kappa shape index (κ1) is 14.3. The number of carbonyl (C=O) groups excluding carboxylic acids is 1. The molecule has 3 aromatic carbocycles. The van der Waals surface area contributed by atoms with E-state index in [0.29, 0.717) is 22.6 Å². The van der Waals surface area contributed by atoms with E-state index in [4.69, 9.17) is 0 Å². The Balaban J connectivity index is 2.25. The highest BCUT2D eigenvalue weighted by Gasteiger charge is 2.21. The number of aromatic hydroxyl groups is 1. The van der Waals surface area contributed by atoms with E-state index in [1.165, 1.54) is 36.4 Å². The molecule has 110 valence electrons. The van der Waals surface area contributed by atoms with Gasteiger partial charge >= 0.3 is 0 Å². The van der Waals surface area contributed by atoms with Gasteiger partial charge < -0.3 is 5.11 Å². The summed E-state index contributed by atoms with van der Waals surface area (Å²) in [4.78, 5) is 10.9. The lowest BCUT2D eigenvalue weighted by Gasteiger charge is -2.09. The van der Waals surface area contributed by atoms with E-state index in [1.807, 2.05) is 0 Å². The van der Waals surface area contributed by atoms with Crippen LogP contribution in [0.5, 0.6) is 5.75 Å². The minimum atomic E-state index is -3.73. The van der Waals surface area contributed by atoms with Gasteiger partial charge in [0.15, 0.2) is 0 Å². The molecule has 1 N–H and O–H groups in total. The molecule has 0 spiro atoms. The third-order valence-corrected chi connectivity index (χ3v) is 5.30. The number of phenols is 1. The summed E-state index contributed by atoms with van der Waals surface area (Å²) in [6.07, 6.45) is 0.659. The summed E-state index contributed by atoms with van der Waals surface area (Å²) in [7, 11) is -3.73. The first-order valence-electron chi connectivity index (χ1n) is 6.55. The number of fused-ring (bicyclic) bond motifs is 1. The normalized spacial score (nSPS) is 11.5. The fourth-order valence-corrected chi connectivity index (χ4v) is 3.81. The van der Waals surface area contributed by atoms with Crippen molar-refractivity contribution in [3.63, 3.8) is 0 Å². The molecule has 0 aliphatic heterocycles. The number of carbonyl (C=O) groups is 1. The Kier molecular flexibility index (Phi) is 3.42. The molecular weight excluding hydrogens is 300 g/mol. The van der Waals surface area contributed by atoms with Crippen molar-refractivity contribution in [3.05, 3.63) is 66.2 Å². The zero-order chi connectivity index (χ0) is 15.7. The zero-order valence-corrected chi connectivity index (χ0v) is 12.2. The molecule has 0 radical (unpaired) electrons. The summed E-state index contributed by atoms with van der Waals surface area (Å²) in [5, 5.41) is 10.8. The molecule has 0 atom stereocenters. The van der Waals surface area contributed by atoms with Crippen LogP contribution in [0, 0.1) is 0 Å². The summed E-state index contributed by atoms with van der Waals surface area (Å²) >= 11 is 0. The molecule has 3 rings (SSSR count). The van der Waals surface area contributed by atoms with Gasteiger partial charge in [0, 0.05) is 16.3 Å². The number of hydrogen-bond acceptors (Lipinski definition) is 4. The molecule has 4 nitrogen and oxygen atoms in total. The molecule has 0 bridgehead atoms. The highest BCUT2D eigenvalue weighted by Crippen LogP contribution is 2.33. The number of phenolic OH excluding ortho intramolecular Hbond substituents is 1. The van der Waals surface area contributed by atoms with Crippen molar-refractivity contribution in [2.24, 2.45) is 0 Å². The Morgan fingerprint density at radius 2 is 1.45 bits per heavy atom. The van der Waals surface area contributed by atoms with E-state index in [2.05, 4.69) is 0 Å². The van der Waals surface area contributed by atoms with Crippen LogP contribution < -0.4 is 0 Å². The van der Waals surface area contributed by atoms with Crippen LogP contribution in [-0.4, -0.2) is 19.8 Å². The van der Waals surface area contributed by atoms with Crippen molar-refractivity contribution in [1.82, 2.24) is 0 Å². The summed E-state index contributed by atoms with van der Waals surface area (Å²) < 4.78 is 25.6. The maximum atomic E-state index is 12.8. The molecule has 5 heteroatoms. The zero-order valence-electron chi connectivity index (χ0n) is 11.4. The molecule has 0 aliphatic rings. The third-order valence-electron chi connectivity index (χ3n) is 3.48. The molecule has 0 unspecified atom stereocenters. The predicted octanol–water partition coefficient (Wildman–Crippen LogP) is 3.19. The van der Waals surface area contributed by atoms with Crippen molar-refractivity contribution >= 4 is 26.9 Å². The Morgan fingerprint density at radius 1 is 0.818 bits per heavy atom. The Hall–Kier alpha value is -2.66. The summed E-state index contributed by atoms with van der Waals surface area (Å²) in [6, 6.07) is 15.3. The van der Waals surface area contributed by atoms with Crippen molar-refractivity contribution in [2.45, 2.75) is 9.79 Å². The highest BCUT2D eigenvalue weighted by molar-refractivity contribution is 7.91. The van der Waals surface area contributed by atoms with Crippen LogP contribution in [-0.2, 0) is 9.84 Å². The molecule has 3 aromatic rings. The van der Waals surface area contributed by atoms with Crippen LogP contribution in [0.3, 0.4) is 0 Å². The average Bonchev–Trinajstić information content (AvgIpc) is 2.55. The predicted molar refractivity (Wildman–Crippen MR) is 82.9 cm³/mol. The summed E-state index contributed by atoms with van der Waals surface area (Å²) in [6.45, 7) is 0. The van der Waals surface area contributed by atoms with Crippen LogP contribution >= 0.6 is 0 Å². The van der Waals surface area contributed by atoms with Gasteiger partial charge in [-0.3, -0.25) is 4.79 Å². The quantitative estimate of drug-likeness (QED) is 0.754. The van der Waals surface area contributed by atoms with Gasteiger partial charge in [0.1, 0.15) is 12.0 Å². The largest absolute Gasteiger partial charge is 0.507 e. The Bertz CT molecular complexity index is 958. The van der Waals surface area contributed by atoms with Crippen LogP contribution in [0.25, 0.3) is 10.8 Å². The van der Waals surface area contributed by atoms with Crippen LogP contribution in [0.15, 0.2) is 70.5 Å². The Labute approximate surface area is 127 Å². The van der Waals surface area contributed by atoms with Gasteiger partial charge in [-0.15, -0.1) is 0 Å². The van der Waals surface area contributed by atoms with Crippen molar-refractivity contribution < 1.29 is 18.3 Å². The summed E-state index contributed by atoms with van der Waals surface area (Å²) in [5.41, 5.74) is 0.412. The average molecular weight is 312 g/mol. The van der Waals surface area contributed by atoms with Gasteiger partial charge in [-0.2, -0.15) is 0 Å². The SMILES string of the molecule is O=Cc1ccc(S(=O)(=O)c2ccc(O)c3ccccc23)cc1. The van der Waals surface area contributed by atoms with Crippen LogP contribution in [0.1, 0.15) is 10.4 Å². The second kappa shape index (κ2) is 5.27. The smallest absolute Gasteiger partial charge is 0.207 e. The van der Waals surface area contributed by atoms with E-state index < -0.39 is 9.84 Å². The van der Waals surface area contributed by atoms with Gasteiger partial charge in [-0.25, -0.2) is 8.42 Å². The minimum absolute atomic E-state index is 0.0332. The number of aldehydes is 1. The molecule has 0 saturated carbocycles. The molecule has 0 fully saturated rings. The lowest BCUT2D eigenvalue weighted by molar-refractivity contribution is 0.112.